The van der Waals surface area contributed by atoms with Crippen LogP contribution in [0, 0.1) is 0 Å². The number of rotatable bonds is 1. The second kappa shape index (κ2) is 4.73. The van der Waals surface area contributed by atoms with E-state index in [1.165, 1.54) is 0 Å². The Morgan fingerprint density at radius 3 is 2.38 bits per heavy atom. The molecule has 0 bridgehead atoms. The third-order valence-electron chi connectivity index (χ3n) is 2.98. The van der Waals surface area contributed by atoms with E-state index in [9.17, 15) is 18.0 Å². The van der Waals surface area contributed by atoms with Crippen LogP contribution in [-0.4, -0.2) is 4.98 Å². The van der Waals surface area contributed by atoms with E-state index in [1.54, 1.807) is 30.3 Å². The van der Waals surface area contributed by atoms with Gasteiger partial charge in [-0.25, -0.2) is 9.78 Å². The summed E-state index contributed by atoms with van der Waals surface area (Å²) in [6, 6.07) is 11.3. The van der Waals surface area contributed by atoms with E-state index in [1.807, 2.05) is 0 Å². The van der Waals surface area contributed by atoms with Crippen LogP contribution in [0.3, 0.4) is 0 Å². The lowest BCUT2D eigenvalue weighted by Gasteiger charge is -2.07. The van der Waals surface area contributed by atoms with E-state index in [4.69, 9.17) is 4.42 Å². The van der Waals surface area contributed by atoms with Crippen molar-refractivity contribution in [3.05, 3.63) is 64.5 Å². The maximum Gasteiger partial charge on any atom is 0.416 e. The van der Waals surface area contributed by atoms with E-state index in [0.29, 0.717) is 5.56 Å². The third-order valence-corrected chi connectivity index (χ3v) is 2.98. The van der Waals surface area contributed by atoms with Gasteiger partial charge in [-0.15, -0.1) is 0 Å². The number of hydrogen-bond acceptors (Lipinski definition) is 3. The molecule has 0 aliphatic rings. The molecule has 1 aromatic heterocycles. The monoisotopic (exact) mass is 291 g/mol. The first kappa shape index (κ1) is 13.4. The van der Waals surface area contributed by atoms with Crippen molar-refractivity contribution in [3.8, 4) is 11.5 Å². The second-order valence-electron chi connectivity index (χ2n) is 4.40. The zero-order valence-corrected chi connectivity index (χ0v) is 10.5. The molecule has 0 saturated carbocycles. The molecule has 0 atom stereocenters. The van der Waals surface area contributed by atoms with Gasteiger partial charge in [-0.3, -0.25) is 0 Å². The smallest absolute Gasteiger partial charge is 0.403 e. The van der Waals surface area contributed by atoms with Gasteiger partial charge in [0.05, 0.1) is 16.5 Å². The number of aromatic nitrogens is 1. The van der Waals surface area contributed by atoms with Crippen molar-refractivity contribution in [1.29, 1.82) is 0 Å². The molecule has 0 aliphatic carbocycles. The molecule has 0 N–H and O–H groups in total. The molecule has 3 aromatic rings. The second-order valence-corrected chi connectivity index (χ2v) is 4.40. The van der Waals surface area contributed by atoms with Crippen LogP contribution in [0.5, 0.6) is 0 Å². The lowest BCUT2D eigenvalue weighted by molar-refractivity contribution is -0.137. The first-order valence-corrected chi connectivity index (χ1v) is 6.03. The summed E-state index contributed by atoms with van der Waals surface area (Å²) in [5.41, 5.74) is -1.09. The van der Waals surface area contributed by atoms with Crippen LogP contribution in [0.1, 0.15) is 5.56 Å². The molecule has 0 saturated heterocycles. The van der Waals surface area contributed by atoms with Crippen molar-refractivity contribution in [2.75, 3.05) is 0 Å². The van der Waals surface area contributed by atoms with Crippen molar-refractivity contribution in [3.63, 3.8) is 0 Å². The number of hydrogen-bond donors (Lipinski definition) is 0. The minimum Gasteiger partial charge on any atom is -0.403 e. The van der Waals surface area contributed by atoms with Crippen LogP contribution in [0.25, 0.3) is 22.4 Å². The standard InChI is InChI=1S/C15H8F3NO2/c16-15(17,18)10-6-7-11-12(8-10)19-13(21-14(11)20)9-4-2-1-3-5-9/h1-8H. The number of fused-ring (bicyclic) bond motifs is 1. The van der Waals surface area contributed by atoms with E-state index < -0.39 is 17.4 Å². The summed E-state index contributed by atoms with van der Waals surface area (Å²) in [6.07, 6.45) is -4.49. The van der Waals surface area contributed by atoms with Gasteiger partial charge in [-0.2, -0.15) is 13.2 Å². The molecule has 2 aromatic carbocycles. The largest absolute Gasteiger partial charge is 0.416 e. The van der Waals surface area contributed by atoms with Crippen molar-refractivity contribution in [2.45, 2.75) is 6.18 Å². The normalized spacial score (nSPS) is 11.8. The zero-order chi connectivity index (χ0) is 15.0. The number of benzene rings is 2. The van der Waals surface area contributed by atoms with Gasteiger partial charge in [0.15, 0.2) is 0 Å². The van der Waals surface area contributed by atoms with E-state index in [2.05, 4.69) is 4.98 Å². The topological polar surface area (TPSA) is 43.1 Å². The van der Waals surface area contributed by atoms with Gasteiger partial charge in [0.25, 0.3) is 0 Å². The first-order chi connectivity index (χ1) is 9.95. The fourth-order valence-electron chi connectivity index (χ4n) is 1.95. The fourth-order valence-corrected chi connectivity index (χ4v) is 1.95. The van der Waals surface area contributed by atoms with Crippen LogP contribution in [0.4, 0.5) is 13.2 Å². The molecule has 21 heavy (non-hydrogen) atoms. The highest BCUT2D eigenvalue weighted by Gasteiger charge is 2.30. The summed E-state index contributed by atoms with van der Waals surface area (Å²) in [5.74, 6) is -0.00701. The van der Waals surface area contributed by atoms with Crippen molar-refractivity contribution in [2.24, 2.45) is 0 Å². The molecule has 0 aliphatic heterocycles. The Labute approximate surface area is 116 Å². The number of nitrogens with zero attached hydrogens (tertiary/aromatic N) is 1. The minimum absolute atomic E-state index is 0.00701. The molecule has 0 radical (unpaired) electrons. The van der Waals surface area contributed by atoms with Gasteiger partial charge in [-0.1, -0.05) is 18.2 Å². The van der Waals surface area contributed by atoms with Crippen LogP contribution < -0.4 is 5.63 Å². The maximum absolute atomic E-state index is 12.7. The summed E-state index contributed by atoms with van der Waals surface area (Å²) in [6.45, 7) is 0. The molecule has 0 amide bonds. The Kier molecular flexibility index (Phi) is 3.01. The fraction of sp³-hybridized carbons (Fsp3) is 0.0667. The summed E-state index contributed by atoms with van der Waals surface area (Å²) < 4.78 is 43.2. The van der Waals surface area contributed by atoms with E-state index in [-0.39, 0.29) is 16.8 Å². The summed E-state index contributed by atoms with van der Waals surface area (Å²) in [7, 11) is 0. The molecule has 0 spiro atoms. The van der Waals surface area contributed by atoms with Gasteiger partial charge in [0.2, 0.25) is 5.89 Å². The summed E-state index contributed by atoms with van der Waals surface area (Å²) >= 11 is 0. The molecule has 3 rings (SSSR count). The first-order valence-electron chi connectivity index (χ1n) is 6.03. The molecule has 3 nitrogen and oxygen atoms in total. The molecule has 0 fully saturated rings. The quantitative estimate of drug-likeness (QED) is 0.683. The average molecular weight is 291 g/mol. The molecule has 6 heteroatoms. The van der Waals surface area contributed by atoms with Crippen LogP contribution in [0.15, 0.2) is 57.7 Å². The van der Waals surface area contributed by atoms with Crippen LogP contribution in [0.2, 0.25) is 0 Å². The molecular formula is C15H8F3NO2. The molecule has 0 unspecified atom stereocenters. The van der Waals surface area contributed by atoms with Gasteiger partial charge in [0.1, 0.15) is 0 Å². The summed E-state index contributed by atoms with van der Waals surface area (Å²) in [4.78, 5) is 15.9. The van der Waals surface area contributed by atoms with E-state index in [0.717, 1.165) is 18.2 Å². The Hall–Kier alpha value is -2.63. The van der Waals surface area contributed by atoms with Crippen molar-refractivity contribution >= 4 is 10.9 Å². The SMILES string of the molecule is O=c1oc(-c2ccccc2)nc2cc(C(F)(F)F)ccc12. The number of halogens is 3. The minimum atomic E-state index is -4.49. The van der Waals surface area contributed by atoms with Gasteiger partial charge in [-0.05, 0) is 30.3 Å². The predicted molar refractivity (Wildman–Crippen MR) is 70.7 cm³/mol. The lowest BCUT2D eigenvalue weighted by atomic mass is 10.1. The zero-order valence-electron chi connectivity index (χ0n) is 10.5. The highest BCUT2D eigenvalue weighted by Crippen LogP contribution is 2.30. The van der Waals surface area contributed by atoms with Crippen LogP contribution in [-0.2, 0) is 6.18 Å². The highest BCUT2D eigenvalue weighted by molar-refractivity contribution is 5.79. The Balaban J connectivity index is 2.24. The van der Waals surface area contributed by atoms with Crippen LogP contribution >= 0.6 is 0 Å². The average Bonchev–Trinajstić information content (AvgIpc) is 2.46. The third kappa shape index (κ3) is 2.52. The molecule has 1 heterocycles. The Bertz CT molecular complexity index is 854. The van der Waals surface area contributed by atoms with Crippen molar-refractivity contribution in [1.82, 2.24) is 4.98 Å². The van der Waals surface area contributed by atoms with Gasteiger partial charge in [0, 0.05) is 5.56 Å². The maximum atomic E-state index is 12.7. The predicted octanol–water partition coefficient (Wildman–Crippen LogP) is 3.87. The van der Waals surface area contributed by atoms with Gasteiger partial charge < -0.3 is 4.42 Å². The van der Waals surface area contributed by atoms with E-state index >= 15 is 0 Å². The molecular weight excluding hydrogens is 283 g/mol. The van der Waals surface area contributed by atoms with Gasteiger partial charge >= 0.3 is 11.8 Å². The Morgan fingerprint density at radius 1 is 1.00 bits per heavy atom. The lowest BCUT2D eigenvalue weighted by Crippen LogP contribution is -2.08. The Morgan fingerprint density at radius 2 is 1.71 bits per heavy atom. The highest BCUT2D eigenvalue weighted by atomic mass is 19.4. The number of alkyl halides is 3. The summed E-state index contributed by atoms with van der Waals surface area (Å²) in [5, 5.41) is 0.0164. The molecule has 106 valence electrons. The van der Waals surface area contributed by atoms with Crippen molar-refractivity contribution < 1.29 is 17.6 Å².